The summed E-state index contributed by atoms with van der Waals surface area (Å²) < 4.78 is 12.0. The monoisotopic (exact) mass is 489 g/mol. The van der Waals surface area contributed by atoms with Crippen LogP contribution in [0.15, 0.2) is 63.1 Å². The van der Waals surface area contributed by atoms with Crippen LogP contribution in [-0.2, 0) is 11.3 Å². The predicted molar refractivity (Wildman–Crippen MR) is 138 cm³/mol. The van der Waals surface area contributed by atoms with Gasteiger partial charge in [-0.2, -0.15) is 0 Å². The van der Waals surface area contributed by atoms with Crippen molar-refractivity contribution in [2.45, 2.75) is 39.5 Å². The van der Waals surface area contributed by atoms with Crippen molar-refractivity contribution in [2.75, 3.05) is 18.4 Å². The Labute approximate surface area is 207 Å². The minimum atomic E-state index is -0.365. The minimum absolute atomic E-state index is 0.148. The Morgan fingerprint density at radius 2 is 1.86 bits per heavy atom. The lowest BCUT2D eigenvalue weighted by Crippen LogP contribution is -2.44. The van der Waals surface area contributed by atoms with Crippen molar-refractivity contribution in [1.82, 2.24) is 9.88 Å². The van der Waals surface area contributed by atoms with E-state index in [1.165, 1.54) is 11.3 Å². The van der Waals surface area contributed by atoms with Crippen LogP contribution in [0, 0.1) is 6.92 Å². The number of benzene rings is 2. The van der Waals surface area contributed by atoms with E-state index in [1.807, 2.05) is 35.7 Å². The Morgan fingerprint density at radius 3 is 2.60 bits per heavy atom. The summed E-state index contributed by atoms with van der Waals surface area (Å²) in [6.07, 6.45) is 0.365. The van der Waals surface area contributed by atoms with Gasteiger partial charge in [0.15, 0.2) is 16.1 Å². The number of rotatable bonds is 5. The van der Waals surface area contributed by atoms with Gasteiger partial charge in [0.05, 0.1) is 28.9 Å². The molecule has 2 aromatic carbocycles. The fraction of sp³-hybridized carbons (Fsp3) is 0.296. The van der Waals surface area contributed by atoms with Crippen LogP contribution in [0.4, 0.5) is 5.13 Å². The summed E-state index contributed by atoms with van der Waals surface area (Å²) in [7, 11) is 0. The maximum absolute atomic E-state index is 13.2. The van der Waals surface area contributed by atoms with Gasteiger partial charge in [-0.15, -0.1) is 11.3 Å². The average Bonchev–Trinajstić information content (AvgIpc) is 3.27. The zero-order chi connectivity index (χ0) is 24.5. The third-order valence-corrected chi connectivity index (χ3v) is 6.89. The summed E-state index contributed by atoms with van der Waals surface area (Å²) in [5.74, 6) is 0.102. The summed E-state index contributed by atoms with van der Waals surface area (Å²) in [5.41, 5.74) is 2.62. The Balaban J connectivity index is 1.41. The van der Waals surface area contributed by atoms with Crippen LogP contribution in [-0.4, -0.2) is 41.1 Å². The molecule has 2 aromatic heterocycles. The number of aromatic nitrogens is 1. The molecule has 5 rings (SSSR count). The zero-order valence-corrected chi connectivity index (χ0v) is 20.7. The summed E-state index contributed by atoms with van der Waals surface area (Å²) in [6.45, 7) is 8.29. The van der Waals surface area contributed by atoms with Gasteiger partial charge in [-0.05, 0) is 32.9 Å². The van der Waals surface area contributed by atoms with E-state index in [0.717, 1.165) is 24.3 Å². The highest BCUT2D eigenvalue weighted by atomic mass is 32.1. The number of morpholine rings is 1. The summed E-state index contributed by atoms with van der Waals surface area (Å²) in [5, 5.41) is 5.73. The van der Waals surface area contributed by atoms with Gasteiger partial charge >= 0.3 is 0 Å². The molecule has 8 heteroatoms. The molecule has 180 valence electrons. The highest BCUT2D eigenvalue weighted by molar-refractivity contribution is 7.14. The van der Waals surface area contributed by atoms with Crippen molar-refractivity contribution in [3.8, 4) is 11.3 Å². The number of nitrogens with zero attached hydrogens (tertiary/aromatic N) is 2. The summed E-state index contributed by atoms with van der Waals surface area (Å²) in [6, 6.07) is 14.5. The highest BCUT2D eigenvalue weighted by Crippen LogP contribution is 2.28. The lowest BCUT2D eigenvalue weighted by atomic mass is 10.0. The maximum Gasteiger partial charge on any atom is 0.261 e. The van der Waals surface area contributed by atoms with Gasteiger partial charge in [-0.1, -0.05) is 36.4 Å². The van der Waals surface area contributed by atoms with E-state index < -0.39 is 0 Å². The number of amides is 1. The van der Waals surface area contributed by atoms with Crippen LogP contribution in [0.5, 0.6) is 0 Å². The van der Waals surface area contributed by atoms with E-state index in [-0.39, 0.29) is 29.1 Å². The molecule has 0 radical (unpaired) electrons. The molecule has 2 unspecified atom stereocenters. The largest absolute Gasteiger partial charge is 0.455 e. The first kappa shape index (κ1) is 23.4. The molecule has 3 heterocycles. The van der Waals surface area contributed by atoms with Crippen LogP contribution in [0.3, 0.4) is 0 Å². The second-order valence-corrected chi connectivity index (χ2v) is 9.84. The second-order valence-electron chi connectivity index (χ2n) is 8.98. The van der Waals surface area contributed by atoms with Crippen LogP contribution in [0.1, 0.15) is 35.5 Å². The number of hydrogen-bond donors (Lipinski definition) is 1. The molecule has 0 spiro atoms. The standard InChI is InChI=1S/C27H27N3O4S/c1-16-12-30(13-17(2)33-16)14-20-15-35-27(28-20)29-26(32)22-11-7-10-21-23(31)18(3)24(34-25(21)22)19-8-5-4-6-9-19/h4-11,15-17H,12-14H2,1-3H3,(H,28,29,32). The van der Waals surface area contributed by atoms with Crippen LogP contribution < -0.4 is 10.7 Å². The summed E-state index contributed by atoms with van der Waals surface area (Å²) in [4.78, 5) is 33.2. The third kappa shape index (κ3) is 4.91. The molecule has 7 nitrogen and oxygen atoms in total. The number of carbonyl (C=O) groups excluding carboxylic acids is 1. The molecule has 1 saturated heterocycles. The normalized spacial score (nSPS) is 18.6. The minimum Gasteiger partial charge on any atom is -0.455 e. The van der Waals surface area contributed by atoms with Crippen molar-refractivity contribution in [2.24, 2.45) is 0 Å². The number of fused-ring (bicyclic) bond motifs is 1. The Bertz CT molecular complexity index is 1420. The molecular formula is C27H27N3O4S. The topological polar surface area (TPSA) is 84.7 Å². The van der Waals surface area contributed by atoms with Crippen molar-refractivity contribution in [3.05, 3.63) is 81.0 Å². The molecular weight excluding hydrogens is 462 g/mol. The lowest BCUT2D eigenvalue weighted by Gasteiger charge is -2.34. The van der Waals surface area contributed by atoms with Gasteiger partial charge < -0.3 is 9.15 Å². The van der Waals surface area contributed by atoms with Crippen LogP contribution in [0.2, 0.25) is 0 Å². The van der Waals surface area contributed by atoms with Gasteiger partial charge in [-0.3, -0.25) is 19.8 Å². The van der Waals surface area contributed by atoms with Gasteiger partial charge in [0.1, 0.15) is 5.76 Å². The first-order chi connectivity index (χ1) is 16.9. The van der Waals surface area contributed by atoms with Gasteiger partial charge in [0, 0.05) is 36.1 Å². The van der Waals surface area contributed by atoms with Crippen LogP contribution >= 0.6 is 11.3 Å². The van der Waals surface area contributed by atoms with E-state index in [1.54, 1.807) is 25.1 Å². The molecule has 1 aliphatic heterocycles. The molecule has 4 aromatic rings. The molecule has 0 bridgehead atoms. The van der Waals surface area contributed by atoms with E-state index in [0.29, 0.717) is 33.9 Å². The Morgan fingerprint density at radius 1 is 1.11 bits per heavy atom. The van der Waals surface area contributed by atoms with Gasteiger partial charge in [0.2, 0.25) is 0 Å². The second kappa shape index (κ2) is 9.73. The number of ether oxygens (including phenoxy) is 1. The molecule has 1 aliphatic rings. The van der Waals surface area contributed by atoms with E-state index in [9.17, 15) is 9.59 Å². The maximum atomic E-state index is 13.2. The SMILES string of the molecule is Cc1c(-c2ccccc2)oc2c(C(=O)Nc3nc(CN4CC(C)OC(C)C4)cs3)cccc2c1=O. The number of nitrogens with one attached hydrogen (secondary N) is 1. The third-order valence-electron chi connectivity index (χ3n) is 6.08. The average molecular weight is 490 g/mol. The van der Waals surface area contributed by atoms with E-state index in [4.69, 9.17) is 9.15 Å². The zero-order valence-electron chi connectivity index (χ0n) is 19.9. The fourth-order valence-corrected chi connectivity index (χ4v) is 5.29. The number of anilines is 1. The molecule has 35 heavy (non-hydrogen) atoms. The fourth-order valence-electron chi connectivity index (χ4n) is 4.60. The van der Waals surface area contributed by atoms with Crippen molar-refractivity contribution in [3.63, 3.8) is 0 Å². The van der Waals surface area contributed by atoms with E-state index in [2.05, 4.69) is 29.0 Å². The number of para-hydroxylation sites is 1. The molecule has 0 saturated carbocycles. The number of hydrogen-bond acceptors (Lipinski definition) is 7. The van der Waals surface area contributed by atoms with Gasteiger partial charge in [-0.25, -0.2) is 4.98 Å². The Kier molecular flexibility index (Phi) is 6.51. The smallest absolute Gasteiger partial charge is 0.261 e. The first-order valence-electron chi connectivity index (χ1n) is 11.6. The van der Waals surface area contributed by atoms with Crippen molar-refractivity contribution < 1.29 is 13.9 Å². The number of carbonyl (C=O) groups is 1. The molecule has 1 fully saturated rings. The molecule has 0 aliphatic carbocycles. The first-order valence-corrected chi connectivity index (χ1v) is 12.5. The predicted octanol–water partition coefficient (Wildman–Crippen LogP) is 5.09. The highest BCUT2D eigenvalue weighted by Gasteiger charge is 2.23. The lowest BCUT2D eigenvalue weighted by molar-refractivity contribution is -0.0707. The Hall–Kier alpha value is -3.33. The van der Waals surface area contributed by atoms with Crippen molar-refractivity contribution >= 4 is 33.3 Å². The van der Waals surface area contributed by atoms with E-state index >= 15 is 0 Å². The van der Waals surface area contributed by atoms with Gasteiger partial charge in [0.25, 0.3) is 5.91 Å². The quantitative estimate of drug-likeness (QED) is 0.421. The molecule has 1 N–H and O–H groups in total. The number of thiazole rings is 1. The molecule has 2 atom stereocenters. The van der Waals surface area contributed by atoms with Crippen LogP contribution in [0.25, 0.3) is 22.3 Å². The molecule has 1 amide bonds. The van der Waals surface area contributed by atoms with Crippen molar-refractivity contribution in [1.29, 1.82) is 0 Å². The summed E-state index contributed by atoms with van der Waals surface area (Å²) >= 11 is 1.38.